The van der Waals surface area contributed by atoms with Gasteiger partial charge in [-0.15, -0.1) is 11.3 Å². The van der Waals surface area contributed by atoms with E-state index in [2.05, 4.69) is 23.2 Å². The molecule has 0 amide bonds. The predicted molar refractivity (Wildman–Crippen MR) is 62.1 cm³/mol. The fourth-order valence-electron chi connectivity index (χ4n) is 1.75. The molecule has 78 valence electrons. The van der Waals surface area contributed by atoms with Gasteiger partial charge in [0.1, 0.15) is 0 Å². The van der Waals surface area contributed by atoms with E-state index in [-0.39, 0.29) is 0 Å². The number of piperazine rings is 1. The van der Waals surface area contributed by atoms with Crippen molar-refractivity contribution in [2.24, 2.45) is 0 Å². The highest BCUT2D eigenvalue weighted by molar-refractivity contribution is 7.10. The van der Waals surface area contributed by atoms with Gasteiger partial charge in [-0.05, 0) is 13.0 Å². The molecule has 0 saturated carbocycles. The van der Waals surface area contributed by atoms with Gasteiger partial charge in [0, 0.05) is 42.5 Å². The molecular formula is C10H15ClN2S. The fraction of sp³-hybridized carbons (Fsp3) is 0.600. The Labute approximate surface area is 93.9 Å². The average molecular weight is 231 g/mol. The Morgan fingerprint density at radius 2 is 2.57 bits per heavy atom. The number of hydrogen-bond acceptors (Lipinski definition) is 3. The molecule has 1 aromatic rings. The molecule has 1 aliphatic heterocycles. The van der Waals surface area contributed by atoms with E-state index in [9.17, 15) is 0 Å². The first kappa shape index (κ1) is 10.4. The van der Waals surface area contributed by atoms with Crippen molar-refractivity contribution in [1.29, 1.82) is 0 Å². The Balaban J connectivity index is 1.95. The zero-order valence-corrected chi connectivity index (χ0v) is 9.87. The minimum absolute atomic E-state index is 0.629. The van der Waals surface area contributed by atoms with Gasteiger partial charge < -0.3 is 5.32 Å². The maximum atomic E-state index is 5.89. The normalized spacial score (nSPS) is 24.0. The van der Waals surface area contributed by atoms with E-state index in [1.165, 1.54) is 4.88 Å². The average Bonchev–Trinajstić information content (AvgIpc) is 2.56. The summed E-state index contributed by atoms with van der Waals surface area (Å²) in [6, 6.07) is 2.70. The molecule has 1 N–H and O–H groups in total. The Kier molecular flexibility index (Phi) is 3.44. The van der Waals surface area contributed by atoms with Crippen LogP contribution >= 0.6 is 22.9 Å². The van der Waals surface area contributed by atoms with Crippen molar-refractivity contribution in [3.05, 3.63) is 21.3 Å². The van der Waals surface area contributed by atoms with Gasteiger partial charge in [0.25, 0.3) is 0 Å². The van der Waals surface area contributed by atoms with Crippen molar-refractivity contribution in [2.45, 2.75) is 19.5 Å². The summed E-state index contributed by atoms with van der Waals surface area (Å²) in [6.45, 7) is 6.64. The lowest BCUT2D eigenvalue weighted by Gasteiger charge is -2.33. The van der Waals surface area contributed by atoms with Gasteiger partial charge in [-0.1, -0.05) is 11.6 Å². The standard InChI is InChI=1S/C10H15ClN2S/c1-8-5-12-2-3-13(8)6-10-4-9(11)7-14-10/h4,7-8,12H,2-3,5-6H2,1H3/t8-/m1/s1. The summed E-state index contributed by atoms with van der Waals surface area (Å²) in [6.07, 6.45) is 0. The topological polar surface area (TPSA) is 15.3 Å². The molecule has 0 radical (unpaired) electrons. The number of hydrogen-bond donors (Lipinski definition) is 1. The van der Waals surface area contributed by atoms with Crippen LogP contribution in [0.1, 0.15) is 11.8 Å². The number of nitrogens with zero attached hydrogens (tertiary/aromatic N) is 1. The van der Waals surface area contributed by atoms with Crippen molar-refractivity contribution >= 4 is 22.9 Å². The molecule has 1 aliphatic rings. The molecule has 2 heterocycles. The van der Waals surface area contributed by atoms with Crippen LogP contribution in [-0.4, -0.2) is 30.6 Å². The third-order valence-electron chi connectivity index (χ3n) is 2.62. The number of halogens is 1. The lowest BCUT2D eigenvalue weighted by atomic mass is 10.2. The van der Waals surface area contributed by atoms with E-state index < -0.39 is 0 Å². The van der Waals surface area contributed by atoms with Crippen molar-refractivity contribution in [3.8, 4) is 0 Å². The number of rotatable bonds is 2. The van der Waals surface area contributed by atoms with Gasteiger partial charge in [-0.25, -0.2) is 0 Å². The van der Waals surface area contributed by atoms with Crippen LogP contribution in [0.2, 0.25) is 5.02 Å². The summed E-state index contributed by atoms with van der Waals surface area (Å²) < 4.78 is 0. The van der Waals surface area contributed by atoms with Crippen LogP contribution in [0.4, 0.5) is 0 Å². The summed E-state index contributed by atoms with van der Waals surface area (Å²) in [5.74, 6) is 0. The van der Waals surface area contributed by atoms with Crippen molar-refractivity contribution in [2.75, 3.05) is 19.6 Å². The third kappa shape index (κ3) is 2.48. The smallest absolute Gasteiger partial charge is 0.0516 e. The Hall–Kier alpha value is -0.0900. The zero-order valence-electron chi connectivity index (χ0n) is 8.29. The van der Waals surface area contributed by atoms with Gasteiger partial charge in [-0.3, -0.25) is 4.90 Å². The quantitative estimate of drug-likeness (QED) is 0.838. The van der Waals surface area contributed by atoms with Crippen LogP contribution in [0.3, 0.4) is 0 Å². The highest BCUT2D eigenvalue weighted by Crippen LogP contribution is 2.21. The molecule has 1 aromatic heterocycles. The maximum absolute atomic E-state index is 5.89. The molecule has 1 saturated heterocycles. The second kappa shape index (κ2) is 4.62. The van der Waals surface area contributed by atoms with Crippen LogP contribution in [0.5, 0.6) is 0 Å². The fourth-order valence-corrected chi connectivity index (χ4v) is 2.85. The van der Waals surface area contributed by atoms with E-state index in [1.54, 1.807) is 11.3 Å². The lowest BCUT2D eigenvalue weighted by Crippen LogP contribution is -2.49. The molecule has 14 heavy (non-hydrogen) atoms. The molecule has 4 heteroatoms. The second-order valence-corrected chi connectivity index (χ2v) is 5.19. The second-order valence-electron chi connectivity index (χ2n) is 3.75. The van der Waals surface area contributed by atoms with E-state index in [0.717, 1.165) is 31.2 Å². The van der Waals surface area contributed by atoms with E-state index in [0.29, 0.717) is 6.04 Å². The minimum atomic E-state index is 0.629. The minimum Gasteiger partial charge on any atom is -0.314 e. The molecule has 0 spiro atoms. The molecule has 0 aromatic carbocycles. The number of nitrogens with one attached hydrogen (secondary N) is 1. The molecule has 0 aliphatic carbocycles. The summed E-state index contributed by atoms with van der Waals surface area (Å²) in [5.41, 5.74) is 0. The highest BCUT2D eigenvalue weighted by Gasteiger charge is 2.18. The summed E-state index contributed by atoms with van der Waals surface area (Å²) in [5, 5.41) is 6.26. The first-order chi connectivity index (χ1) is 6.75. The van der Waals surface area contributed by atoms with Gasteiger partial charge in [0.2, 0.25) is 0 Å². The van der Waals surface area contributed by atoms with Crippen LogP contribution in [-0.2, 0) is 6.54 Å². The summed E-state index contributed by atoms with van der Waals surface area (Å²) >= 11 is 7.65. The van der Waals surface area contributed by atoms with E-state index in [4.69, 9.17) is 11.6 Å². The van der Waals surface area contributed by atoms with Gasteiger partial charge >= 0.3 is 0 Å². The van der Waals surface area contributed by atoms with Crippen LogP contribution in [0.25, 0.3) is 0 Å². The van der Waals surface area contributed by atoms with Crippen LogP contribution in [0, 0.1) is 0 Å². The Morgan fingerprint density at radius 1 is 1.71 bits per heavy atom. The van der Waals surface area contributed by atoms with Crippen molar-refractivity contribution in [1.82, 2.24) is 10.2 Å². The SMILES string of the molecule is C[C@@H]1CNCCN1Cc1cc(Cl)cs1. The van der Waals surface area contributed by atoms with Crippen molar-refractivity contribution < 1.29 is 0 Å². The molecule has 0 bridgehead atoms. The van der Waals surface area contributed by atoms with Crippen LogP contribution < -0.4 is 5.32 Å². The zero-order chi connectivity index (χ0) is 9.97. The first-order valence-corrected chi connectivity index (χ1v) is 6.19. The van der Waals surface area contributed by atoms with Gasteiger partial charge in [0.15, 0.2) is 0 Å². The molecule has 2 rings (SSSR count). The molecule has 2 nitrogen and oxygen atoms in total. The molecule has 0 unspecified atom stereocenters. The maximum Gasteiger partial charge on any atom is 0.0516 e. The lowest BCUT2D eigenvalue weighted by molar-refractivity contribution is 0.167. The highest BCUT2D eigenvalue weighted by atomic mass is 35.5. The molecule has 1 fully saturated rings. The molecular weight excluding hydrogens is 216 g/mol. The molecule has 1 atom stereocenters. The van der Waals surface area contributed by atoms with E-state index in [1.807, 2.05) is 5.38 Å². The van der Waals surface area contributed by atoms with Gasteiger partial charge in [-0.2, -0.15) is 0 Å². The van der Waals surface area contributed by atoms with Crippen LogP contribution in [0.15, 0.2) is 11.4 Å². The van der Waals surface area contributed by atoms with Crippen molar-refractivity contribution in [3.63, 3.8) is 0 Å². The Morgan fingerprint density at radius 3 is 3.21 bits per heavy atom. The summed E-state index contributed by atoms with van der Waals surface area (Å²) in [4.78, 5) is 3.86. The summed E-state index contributed by atoms with van der Waals surface area (Å²) in [7, 11) is 0. The first-order valence-electron chi connectivity index (χ1n) is 4.93. The largest absolute Gasteiger partial charge is 0.314 e. The Bertz CT molecular complexity index is 300. The number of thiophene rings is 1. The third-order valence-corrected chi connectivity index (χ3v) is 3.89. The van der Waals surface area contributed by atoms with Gasteiger partial charge in [0.05, 0.1) is 5.02 Å². The van der Waals surface area contributed by atoms with E-state index >= 15 is 0 Å². The monoisotopic (exact) mass is 230 g/mol. The predicted octanol–water partition coefficient (Wildman–Crippen LogP) is 2.20.